The van der Waals surface area contributed by atoms with Gasteiger partial charge in [0.25, 0.3) is 0 Å². The minimum atomic E-state index is -1.01. The van der Waals surface area contributed by atoms with Crippen LogP contribution in [0.4, 0.5) is 0 Å². The third kappa shape index (κ3) is 7.98. The normalized spacial score (nSPS) is 22.4. The second kappa shape index (κ2) is 16.9. The number of aliphatic hydroxyl groups is 2. The summed E-state index contributed by atoms with van der Waals surface area (Å²) >= 11 is 0. The fourth-order valence-corrected chi connectivity index (χ4v) is 8.63. The van der Waals surface area contributed by atoms with E-state index in [9.17, 15) is 20.4 Å². The summed E-state index contributed by atoms with van der Waals surface area (Å²) in [5.74, 6) is 1.72. The maximum absolute atomic E-state index is 12.3. The van der Waals surface area contributed by atoms with Crippen molar-refractivity contribution in [1.29, 1.82) is 0 Å². The smallest absolute Gasteiger partial charge is 0.128 e. The summed E-state index contributed by atoms with van der Waals surface area (Å²) in [5, 5.41) is 48.6. The van der Waals surface area contributed by atoms with Gasteiger partial charge in [-0.05, 0) is 111 Å². The molecular weight excluding hydrogens is 686 g/mol. The van der Waals surface area contributed by atoms with Gasteiger partial charge in [-0.3, -0.25) is 0 Å². The summed E-state index contributed by atoms with van der Waals surface area (Å²) in [6, 6.07) is 19.8. The molecule has 0 amide bonds. The number of rotatable bonds is 13. The predicted octanol–water partition coefficient (Wildman–Crippen LogP) is 7.37. The number of ether oxygens (including phenoxy) is 5. The van der Waals surface area contributed by atoms with Crippen molar-refractivity contribution in [2.45, 2.75) is 82.3 Å². The van der Waals surface area contributed by atoms with Gasteiger partial charge in [0.1, 0.15) is 40.6 Å². The molecule has 4 aromatic rings. The number of methoxy groups -OCH3 is 2. The molecule has 1 aliphatic carbocycles. The Kier molecular flexibility index (Phi) is 11.8. The Balaban J connectivity index is 1.23. The number of hydrogen-bond donors (Lipinski definition) is 5. The van der Waals surface area contributed by atoms with Crippen molar-refractivity contribution in [3.63, 3.8) is 0 Å². The largest absolute Gasteiger partial charge is 0.508 e. The van der Waals surface area contributed by atoms with Gasteiger partial charge >= 0.3 is 0 Å². The zero-order valence-electron chi connectivity index (χ0n) is 31.4. The number of aromatic hydroxyl groups is 2. The Labute approximate surface area is 317 Å². The van der Waals surface area contributed by atoms with Crippen LogP contribution < -0.4 is 24.3 Å². The summed E-state index contributed by atoms with van der Waals surface area (Å²) < 4.78 is 31.1. The summed E-state index contributed by atoms with van der Waals surface area (Å²) in [6.45, 7) is 1.29. The van der Waals surface area contributed by atoms with Crippen LogP contribution in [0.2, 0.25) is 0 Å². The average Bonchev–Trinajstić information content (AvgIpc) is 3.17. The summed E-state index contributed by atoms with van der Waals surface area (Å²) in [5.41, 5.74) is 5.44. The van der Waals surface area contributed by atoms with Gasteiger partial charge in [0, 0.05) is 60.8 Å². The van der Waals surface area contributed by atoms with Crippen molar-refractivity contribution >= 4 is 0 Å². The lowest BCUT2D eigenvalue weighted by molar-refractivity contribution is -0.0890. The van der Waals surface area contributed by atoms with Gasteiger partial charge < -0.3 is 49.4 Å². The standard InChI is InChI=1S/C44H53NO9/c1-45-24-29-21-40-35(23-39(29)53-32-11-5-4-6-12-32)43(49)41(38(54-40)13-8-16-50-2)37-25-52-44-28(20-33(51-3)22-36(44)42(37)48)17-27-19-31(47)14-15-34(27)26-9-7-10-30(46)18-26/h7,9-10,14-15,18-23,32,37-38,41-43,45-49H,4-6,8,11-13,16-17,24-25H2,1-3H3/t37-,38-,41-,42-,43+/m1/s1. The predicted molar refractivity (Wildman–Crippen MR) is 206 cm³/mol. The molecular formula is C44H53NO9. The fourth-order valence-electron chi connectivity index (χ4n) is 8.63. The van der Waals surface area contributed by atoms with Gasteiger partial charge in [-0.1, -0.05) is 24.6 Å². The van der Waals surface area contributed by atoms with Gasteiger partial charge in [-0.25, -0.2) is 0 Å². The Hall–Kier alpha value is -4.48. The first kappa shape index (κ1) is 37.8. The van der Waals surface area contributed by atoms with Crippen molar-refractivity contribution in [2.75, 3.05) is 34.5 Å². The Morgan fingerprint density at radius 3 is 2.41 bits per heavy atom. The monoisotopic (exact) mass is 739 g/mol. The molecule has 1 fully saturated rings. The van der Waals surface area contributed by atoms with E-state index in [0.29, 0.717) is 54.4 Å². The first-order valence-electron chi connectivity index (χ1n) is 19.2. The molecule has 0 unspecified atom stereocenters. The van der Waals surface area contributed by atoms with Crippen LogP contribution in [-0.4, -0.2) is 67.1 Å². The lowest BCUT2D eigenvalue weighted by Crippen LogP contribution is -2.46. The van der Waals surface area contributed by atoms with E-state index in [-0.39, 0.29) is 24.2 Å². The first-order chi connectivity index (χ1) is 26.3. The molecule has 0 aromatic heterocycles. The quantitative estimate of drug-likeness (QED) is 0.0884. The highest BCUT2D eigenvalue weighted by Gasteiger charge is 2.48. The molecule has 7 rings (SSSR count). The number of nitrogens with one attached hydrogen (secondary N) is 1. The zero-order chi connectivity index (χ0) is 37.8. The lowest BCUT2D eigenvalue weighted by atomic mass is 9.72. The first-order valence-corrected chi connectivity index (χ1v) is 19.2. The minimum Gasteiger partial charge on any atom is -0.508 e. The Bertz CT molecular complexity index is 1910. The highest BCUT2D eigenvalue weighted by Crippen LogP contribution is 2.52. The van der Waals surface area contributed by atoms with Crippen molar-refractivity contribution in [3.8, 4) is 45.6 Å². The van der Waals surface area contributed by atoms with Crippen LogP contribution in [0.25, 0.3) is 11.1 Å². The molecule has 2 heterocycles. The van der Waals surface area contributed by atoms with E-state index in [1.807, 2.05) is 37.4 Å². The van der Waals surface area contributed by atoms with E-state index in [0.717, 1.165) is 65.7 Å². The summed E-state index contributed by atoms with van der Waals surface area (Å²) in [6.07, 6.45) is 5.00. The Morgan fingerprint density at radius 2 is 1.65 bits per heavy atom. The van der Waals surface area contributed by atoms with Crippen LogP contribution in [0.1, 0.15) is 85.0 Å². The van der Waals surface area contributed by atoms with Gasteiger partial charge in [-0.15, -0.1) is 0 Å². The molecule has 288 valence electrons. The molecule has 5 N–H and O–H groups in total. The number of benzene rings is 4. The molecule has 4 aromatic carbocycles. The third-order valence-electron chi connectivity index (χ3n) is 11.3. The number of hydrogen-bond acceptors (Lipinski definition) is 10. The Morgan fingerprint density at radius 1 is 0.833 bits per heavy atom. The second-order valence-electron chi connectivity index (χ2n) is 14.9. The number of aliphatic hydroxyl groups excluding tert-OH is 2. The topological polar surface area (TPSA) is 139 Å². The molecule has 10 nitrogen and oxygen atoms in total. The second-order valence-corrected chi connectivity index (χ2v) is 14.9. The SMILES string of the molecule is CNCc1cc2c(cc1OC1CCCCC1)[C@H](O)[C@H]([C@H]1COc3c(Cc4cc(O)ccc4-c4cccc(O)c4)cc(OC)cc3[C@H]1O)[C@@H](CCCOC)O2. The number of fused-ring (bicyclic) bond motifs is 2. The highest BCUT2D eigenvalue weighted by atomic mass is 16.5. The molecule has 1 saturated carbocycles. The molecule has 10 heteroatoms. The van der Waals surface area contributed by atoms with E-state index in [1.54, 1.807) is 50.6 Å². The van der Waals surface area contributed by atoms with Crippen molar-refractivity contribution < 1.29 is 44.1 Å². The van der Waals surface area contributed by atoms with E-state index in [1.165, 1.54) is 6.42 Å². The molecule has 0 spiro atoms. The summed E-state index contributed by atoms with van der Waals surface area (Å²) in [7, 11) is 5.16. The van der Waals surface area contributed by atoms with Crippen LogP contribution >= 0.6 is 0 Å². The van der Waals surface area contributed by atoms with Crippen LogP contribution in [0.5, 0.6) is 34.5 Å². The van der Waals surface area contributed by atoms with Gasteiger partial charge in [0.05, 0.1) is 32.0 Å². The summed E-state index contributed by atoms with van der Waals surface area (Å²) in [4.78, 5) is 0. The van der Waals surface area contributed by atoms with Gasteiger partial charge in [0.2, 0.25) is 0 Å². The third-order valence-corrected chi connectivity index (χ3v) is 11.3. The molecule has 5 atom stereocenters. The molecule has 0 radical (unpaired) electrons. The van der Waals surface area contributed by atoms with Crippen LogP contribution in [-0.2, 0) is 17.7 Å². The van der Waals surface area contributed by atoms with Crippen molar-refractivity contribution in [2.24, 2.45) is 11.8 Å². The maximum Gasteiger partial charge on any atom is 0.128 e. The van der Waals surface area contributed by atoms with Crippen molar-refractivity contribution in [3.05, 3.63) is 94.5 Å². The van der Waals surface area contributed by atoms with E-state index in [4.69, 9.17) is 23.7 Å². The molecule has 54 heavy (non-hydrogen) atoms. The van der Waals surface area contributed by atoms with Crippen LogP contribution in [0, 0.1) is 11.8 Å². The zero-order valence-corrected chi connectivity index (χ0v) is 31.4. The minimum absolute atomic E-state index is 0.114. The highest BCUT2D eigenvalue weighted by molar-refractivity contribution is 5.70. The van der Waals surface area contributed by atoms with E-state index in [2.05, 4.69) is 5.32 Å². The van der Waals surface area contributed by atoms with Crippen LogP contribution in [0.15, 0.2) is 66.7 Å². The van der Waals surface area contributed by atoms with E-state index >= 15 is 0 Å². The van der Waals surface area contributed by atoms with Gasteiger partial charge in [0.15, 0.2) is 0 Å². The maximum atomic E-state index is 12.3. The molecule has 0 saturated heterocycles. The number of phenolic OH excluding ortho intramolecular Hbond substituents is 2. The lowest BCUT2D eigenvalue weighted by Gasteiger charge is -2.45. The van der Waals surface area contributed by atoms with E-state index < -0.39 is 30.1 Å². The number of phenols is 2. The average molecular weight is 740 g/mol. The van der Waals surface area contributed by atoms with Gasteiger partial charge in [-0.2, -0.15) is 0 Å². The van der Waals surface area contributed by atoms with Crippen LogP contribution in [0.3, 0.4) is 0 Å². The fraction of sp³-hybridized carbons (Fsp3) is 0.455. The van der Waals surface area contributed by atoms with Crippen molar-refractivity contribution in [1.82, 2.24) is 5.32 Å². The molecule has 0 bridgehead atoms. The molecule has 2 aliphatic heterocycles. The molecule has 3 aliphatic rings.